The molecule has 0 saturated heterocycles. The molecule has 3 N–H and O–H groups in total. The third kappa shape index (κ3) is 5.82. The number of thioether (sulfide) groups is 1. The van der Waals surface area contributed by atoms with Crippen molar-refractivity contribution >= 4 is 11.8 Å². The van der Waals surface area contributed by atoms with E-state index in [4.69, 9.17) is 10.2 Å². The van der Waals surface area contributed by atoms with Crippen LogP contribution >= 0.6 is 11.8 Å². The molecule has 0 aromatic heterocycles. The predicted molar refractivity (Wildman–Crippen MR) is 67.8 cm³/mol. The van der Waals surface area contributed by atoms with Crippen LogP contribution in [0.1, 0.15) is 12.5 Å². The SMILES string of the molecule is CC(CO)(CO)NCc1ccc(SC(F)(F)F)cc1. The number of alkyl halides is 3. The first-order chi connectivity index (χ1) is 8.78. The van der Waals surface area contributed by atoms with Crippen molar-refractivity contribution in [1.29, 1.82) is 0 Å². The molecular weight excluding hydrogens is 279 g/mol. The molecule has 0 bridgehead atoms. The maximum atomic E-state index is 12.1. The van der Waals surface area contributed by atoms with Gasteiger partial charge in [0.25, 0.3) is 0 Å². The van der Waals surface area contributed by atoms with Gasteiger partial charge in [0, 0.05) is 11.4 Å². The molecule has 0 aliphatic carbocycles. The van der Waals surface area contributed by atoms with E-state index in [1.807, 2.05) is 0 Å². The van der Waals surface area contributed by atoms with Gasteiger partial charge in [0.05, 0.1) is 18.8 Å². The van der Waals surface area contributed by atoms with E-state index in [9.17, 15) is 13.2 Å². The Bertz CT molecular complexity index is 391. The van der Waals surface area contributed by atoms with Crippen LogP contribution in [0.4, 0.5) is 13.2 Å². The molecule has 0 aliphatic heterocycles. The van der Waals surface area contributed by atoms with E-state index in [0.717, 1.165) is 5.56 Å². The van der Waals surface area contributed by atoms with Gasteiger partial charge in [0.15, 0.2) is 0 Å². The van der Waals surface area contributed by atoms with E-state index < -0.39 is 11.0 Å². The largest absolute Gasteiger partial charge is 0.446 e. The molecule has 1 rings (SSSR count). The summed E-state index contributed by atoms with van der Waals surface area (Å²) < 4.78 is 36.4. The van der Waals surface area contributed by atoms with Crippen LogP contribution in [0.25, 0.3) is 0 Å². The number of halogens is 3. The van der Waals surface area contributed by atoms with Gasteiger partial charge in [-0.1, -0.05) is 12.1 Å². The third-order valence-electron chi connectivity index (χ3n) is 2.57. The van der Waals surface area contributed by atoms with Gasteiger partial charge in [0.1, 0.15) is 0 Å². The molecule has 0 amide bonds. The number of hydrogen-bond acceptors (Lipinski definition) is 4. The quantitative estimate of drug-likeness (QED) is 0.704. The van der Waals surface area contributed by atoms with Crippen LogP contribution in [0.15, 0.2) is 29.2 Å². The van der Waals surface area contributed by atoms with Gasteiger partial charge in [-0.05, 0) is 36.4 Å². The summed E-state index contributed by atoms with van der Waals surface area (Å²) in [5.41, 5.74) is -4.31. The molecule has 0 saturated carbocycles. The van der Waals surface area contributed by atoms with Gasteiger partial charge < -0.3 is 15.5 Å². The van der Waals surface area contributed by atoms with E-state index in [-0.39, 0.29) is 29.9 Å². The molecular formula is C12H16F3NO2S. The fourth-order valence-electron chi connectivity index (χ4n) is 1.29. The highest BCUT2D eigenvalue weighted by Gasteiger charge is 2.29. The first-order valence-corrected chi connectivity index (χ1v) is 6.41. The van der Waals surface area contributed by atoms with Crippen molar-refractivity contribution in [3.8, 4) is 0 Å². The zero-order chi connectivity index (χ0) is 14.5. The minimum absolute atomic E-state index is 0.128. The maximum absolute atomic E-state index is 12.1. The summed E-state index contributed by atoms with van der Waals surface area (Å²) in [7, 11) is 0. The summed E-state index contributed by atoms with van der Waals surface area (Å²) in [5.74, 6) is 0. The highest BCUT2D eigenvalue weighted by Crippen LogP contribution is 2.36. The molecule has 3 nitrogen and oxygen atoms in total. The Labute approximate surface area is 113 Å². The number of benzene rings is 1. The molecule has 7 heteroatoms. The standard InChI is InChI=1S/C12H16F3NO2S/c1-11(7-17,8-18)16-6-9-2-4-10(5-3-9)19-12(13,14)15/h2-5,16-18H,6-8H2,1H3. The summed E-state index contributed by atoms with van der Waals surface area (Å²) in [6, 6.07) is 5.95. The normalized spacial score (nSPS) is 12.7. The molecule has 19 heavy (non-hydrogen) atoms. The zero-order valence-electron chi connectivity index (χ0n) is 10.4. The lowest BCUT2D eigenvalue weighted by molar-refractivity contribution is -0.0328. The topological polar surface area (TPSA) is 52.5 Å². The van der Waals surface area contributed by atoms with Gasteiger partial charge >= 0.3 is 5.51 Å². The molecule has 1 aromatic carbocycles. The fraction of sp³-hybridized carbons (Fsp3) is 0.500. The van der Waals surface area contributed by atoms with Gasteiger partial charge in [0.2, 0.25) is 0 Å². The van der Waals surface area contributed by atoms with Crippen molar-refractivity contribution in [2.45, 2.75) is 29.4 Å². The van der Waals surface area contributed by atoms with Crippen LogP contribution in [0, 0.1) is 0 Å². The molecule has 108 valence electrons. The number of aliphatic hydroxyl groups excluding tert-OH is 2. The van der Waals surface area contributed by atoms with Crippen molar-refractivity contribution in [3.05, 3.63) is 29.8 Å². The fourth-order valence-corrected chi connectivity index (χ4v) is 1.83. The van der Waals surface area contributed by atoms with E-state index in [1.165, 1.54) is 12.1 Å². The van der Waals surface area contributed by atoms with E-state index >= 15 is 0 Å². The van der Waals surface area contributed by atoms with Crippen LogP contribution in [-0.4, -0.2) is 34.5 Å². The number of aliphatic hydroxyl groups is 2. The second kappa shape index (κ2) is 6.60. The Hall–Kier alpha value is -0.760. The summed E-state index contributed by atoms with van der Waals surface area (Å²) in [6.07, 6.45) is 0. The second-order valence-electron chi connectivity index (χ2n) is 4.42. The van der Waals surface area contributed by atoms with Gasteiger partial charge in [-0.25, -0.2) is 0 Å². The number of rotatable bonds is 6. The average Bonchev–Trinajstić information content (AvgIpc) is 2.36. The zero-order valence-corrected chi connectivity index (χ0v) is 11.2. The van der Waals surface area contributed by atoms with E-state index in [0.29, 0.717) is 6.54 Å². The molecule has 0 heterocycles. The first kappa shape index (κ1) is 16.3. The van der Waals surface area contributed by atoms with E-state index in [2.05, 4.69) is 5.32 Å². The lowest BCUT2D eigenvalue weighted by Gasteiger charge is -2.26. The Balaban J connectivity index is 2.58. The molecule has 0 radical (unpaired) electrons. The first-order valence-electron chi connectivity index (χ1n) is 5.59. The Morgan fingerprint density at radius 3 is 2.05 bits per heavy atom. The lowest BCUT2D eigenvalue weighted by Crippen LogP contribution is -2.48. The molecule has 0 aliphatic rings. The molecule has 1 aromatic rings. The number of nitrogens with one attached hydrogen (secondary N) is 1. The average molecular weight is 295 g/mol. The minimum Gasteiger partial charge on any atom is -0.394 e. The molecule has 0 spiro atoms. The van der Waals surface area contributed by atoms with Crippen molar-refractivity contribution < 1.29 is 23.4 Å². The van der Waals surface area contributed by atoms with Crippen LogP contribution in [0.3, 0.4) is 0 Å². The summed E-state index contributed by atoms with van der Waals surface area (Å²) >= 11 is -0.158. The Kier molecular flexibility index (Phi) is 5.66. The Morgan fingerprint density at radius 2 is 1.63 bits per heavy atom. The van der Waals surface area contributed by atoms with Crippen LogP contribution in [0.5, 0.6) is 0 Å². The van der Waals surface area contributed by atoms with Crippen LogP contribution in [-0.2, 0) is 6.54 Å². The van der Waals surface area contributed by atoms with Gasteiger partial charge in [-0.2, -0.15) is 13.2 Å². The monoisotopic (exact) mass is 295 g/mol. The summed E-state index contributed by atoms with van der Waals surface area (Å²) in [6.45, 7) is 1.55. The summed E-state index contributed by atoms with van der Waals surface area (Å²) in [5, 5.41) is 21.1. The lowest BCUT2D eigenvalue weighted by atomic mass is 10.0. The highest BCUT2D eigenvalue weighted by atomic mass is 32.2. The minimum atomic E-state index is -4.29. The molecule has 0 unspecified atom stereocenters. The maximum Gasteiger partial charge on any atom is 0.446 e. The molecule has 0 fully saturated rings. The van der Waals surface area contributed by atoms with Crippen molar-refractivity contribution in [2.24, 2.45) is 0 Å². The smallest absolute Gasteiger partial charge is 0.394 e. The number of hydrogen-bond donors (Lipinski definition) is 3. The van der Waals surface area contributed by atoms with Crippen molar-refractivity contribution in [3.63, 3.8) is 0 Å². The van der Waals surface area contributed by atoms with Crippen molar-refractivity contribution in [2.75, 3.05) is 13.2 Å². The van der Waals surface area contributed by atoms with Gasteiger partial charge in [-0.15, -0.1) is 0 Å². The van der Waals surface area contributed by atoms with Crippen LogP contribution in [0.2, 0.25) is 0 Å². The molecule has 0 atom stereocenters. The third-order valence-corrected chi connectivity index (χ3v) is 3.31. The Morgan fingerprint density at radius 1 is 1.11 bits per heavy atom. The van der Waals surface area contributed by atoms with E-state index in [1.54, 1.807) is 19.1 Å². The van der Waals surface area contributed by atoms with Crippen molar-refractivity contribution in [1.82, 2.24) is 5.32 Å². The van der Waals surface area contributed by atoms with Crippen LogP contribution < -0.4 is 5.32 Å². The predicted octanol–water partition coefficient (Wildman–Crippen LogP) is 2.13. The second-order valence-corrected chi connectivity index (χ2v) is 5.56. The highest BCUT2D eigenvalue weighted by molar-refractivity contribution is 8.00. The summed E-state index contributed by atoms with van der Waals surface area (Å²) in [4.78, 5) is 0.128. The van der Waals surface area contributed by atoms with Gasteiger partial charge in [-0.3, -0.25) is 0 Å².